The van der Waals surface area contributed by atoms with Gasteiger partial charge in [-0.25, -0.2) is 14.8 Å². The first-order chi connectivity index (χ1) is 17.1. The summed E-state index contributed by atoms with van der Waals surface area (Å²) >= 11 is 1.62. The van der Waals surface area contributed by atoms with E-state index < -0.39 is 6.03 Å². The van der Waals surface area contributed by atoms with Gasteiger partial charge in [-0.3, -0.25) is 5.32 Å². The average Bonchev–Trinajstić information content (AvgIpc) is 3.41. The number of nitrogens with zero attached hydrogens (tertiary/aromatic N) is 4. The van der Waals surface area contributed by atoms with Crippen LogP contribution in [-0.2, 0) is 0 Å². The highest BCUT2D eigenvalue weighted by Crippen LogP contribution is 2.27. The number of benzene rings is 2. The summed E-state index contributed by atoms with van der Waals surface area (Å²) in [6.07, 6.45) is 0. The molecule has 0 saturated carbocycles. The molecule has 0 fully saturated rings. The van der Waals surface area contributed by atoms with Crippen LogP contribution in [0.2, 0.25) is 0 Å². The quantitative estimate of drug-likeness (QED) is 0.262. The van der Waals surface area contributed by atoms with Gasteiger partial charge in [0.1, 0.15) is 0 Å². The molecule has 0 aliphatic carbocycles. The van der Waals surface area contributed by atoms with Crippen LogP contribution in [0.5, 0.6) is 0 Å². The summed E-state index contributed by atoms with van der Waals surface area (Å²) in [5, 5.41) is 19.1. The standard InChI is InChI=1S/C26H21N7OS/c1-17-16-22(23-12-7-15-35-23)29-25(27-17)28-20-10-5-6-11-21(20)30-26(34)31-24-14-13-19(32-33-24)18-8-3-2-4-9-18/h2-16H,1H3,(H,27,28,29)(H2,30,31,33,34). The van der Waals surface area contributed by atoms with Gasteiger partial charge in [-0.2, -0.15) is 0 Å². The number of urea groups is 1. The lowest BCUT2D eigenvalue weighted by Crippen LogP contribution is -2.21. The van der Waals surface area contributed by atoms with E-state index in [4.69, 9.17) is 0 Å². The highest BCUT2D eigenvalue weighted by Gasteiger charge is 2.11. The highest BCUT2D eigenvalue weighted by atomic mass is 32.1. The number of aromatic nitrogens is 4. The molecule has 9 heteroatoms. The van der Waals surface area contributed by atoms with Gasteiger partial charge in [0, 0.05) is 11.3 Å². The van der Waals surface area contributed by atoms with Gasteiger partial charge in [-0.15, -0.1) is 21.5 Å². The van der Waals surface area contributed by atoms with Gasteiger partial charge in [0.25, 0.3) is 0 Å². The van der Waals surface area contributed by atoms with Crippen molar-refractivity contribution in [3.05, 3.63) is 96.0 Å². The van der Waals surface area contributed by atoms with Crippen LogP contribution < -0.4 is 16.0 Å². The van der Waals surface area contributed by atoms with Crippen LogP contribution in [0.1, 0.15) is 5.69 Å². The largest absolute Gasteiger partial charge is 0.324 e. The Morgan fingerprint density at radius 2 is 1.57 bits per heavy atom. The van der Waals surface area contributed by atoms with Crippen molar-refractivity contribution >= 4 is 40.5 Å². The summed E-state index contributed by atoms with van der Waals surface area (Å²) in [6, 6.07) is 26.1. The zero-order valence-corrected chi connectivity index (χ0v) is 19.6. The van der Waals surface area contributed by atoms with E-state index in [0.29, 0.717) is 23.1 Å². The fraction of sp³-hybridized carbons (Fsp3) is 0.0385. The molecule has 5 rings (SSSR count). The maximum atomic E-state index is 12.7. The predicted octanol–water partition coefficient (Wildman–Crippen LogP) is 6.36. The Morgan fingerprint density at radius 3 is 2.31 bits per heavy atom. The second-order valence-corrected chi connectivity index (χ2v) is 8.56. The monoisotopic (exact) mass is 479 g/mol. The Kier molecular flexibility index (Phi) is 6.40. The first-order valence-corrected chi connectivity index (χ1v) is 11.7. The molecule has 0 aliphatic heterocycles. The van der Waals surface area contributed by atoms with Gasteiger partial charge < -0.3 is 10.6 Å². The molecule has 3 aromatic heterocycles. The minimum atomic E-state index is -0.439. The molecule has 0 spiro atoms. The number of thiophene rings is 1. The number of para-hydroxylation sites is 2. The number of carbonyl (C=O) groups is 1. The third-order valence-electron chi connectivity index (χ3n) is 5.03. The number of nitrogens with one attached hydrogen (secondary N) is 3. The number of aryl methyl sites for hydroxylation is 1. The Morgan fingerprint density at radius 1 is 0.771 bits per heavy atom. The summed E-state index contributed by atoms with van der Waals surface area (Å²) in [7, 11) is 0. The third-order valence-corrected chi connectivity index (χ3v) is 5.92. The summed E-state index contributed by atoms with van der Waals surface area (Å²) in [5.74, 6) is 0.792. The Balaban J connectivity index is 1.29. The molecule has 0 atom stereocenters. The van der Waals surface area contributed by atoms with E-state index in [0.717, 1.165) is 27.5 Å². The van der Waals surface area contributed by atoms with Crippen molar-refractivity contribution in [1.29, 1.82) is 0 Å². The van der Waals surface area contributed by atoms with E-state index in [2.05, 4.69) is 36.1 Å². The van der Waals surface area contributed by atoms with Gasteiger partial charge in [0.2, 0.25) is 5.95 Å². The molecule has 0 unspecified atom stereocenters. The van der Waals surface area contributed by atoms with Crippen molar-refractivity contribution in [3.63, 3.8) is 0 Å². The molecule has 0 saturated heterocycles. The molecular weight excluding hydrogens is 458 g/mol. The number of carbonyl (C=O) groups excluding carboxylic acids is 1. The normalized spacial score (nSPS) is 10.5. The number of amides is 2. The van der Waals surface area contributed by atoms with Crippen molar-refractivity contribution in [2.45, 2.75) is 6.92 Å². The van der Waals surface area contributed by atoms with Gasteiger partial charge in [0.15, 0.2) is 5.82 Å². The minimum absolute atomic E-state index is 0.343. The van der Waals surface area contributed by atoms with Crippen molar-refractivity contribution in [2.75, 3.05) is 16.0 Å². The first kappa shape index (κ1) is 22.2. The van der Waals surface area contributed by atoms with Gasteiger partial charge in [-0.05, 0) is 48.7 Å². The summed E-state index contributed by atoms with van der Waals surface area (Å²) in [5.41, 5.74) is 4.60. The van der Waals surface area contributed by atoms with E-state index in [1.807, 2.05) is 85.1 Å². The summed E-state index contributed by atoms with van der Waals surface area (Å²) in [6.45, 7) is 1.92. The number of hydrogen-bond donors (Lipinski definition) is 3. The fourth-order valence-corrected chi connectivity index (χ4v) is 4.11. The number of rotatable bonds is 6. The van der Waals surface area contributed by atoms with E-state index in [-0.39, 0.29) is 0 Å². The van der Waals surface area contributed by atoms with E-state index in [1.165, 1.54) is 0 Å². The van der Waals surface area contributed by atoms with Crippen molar-refractivity contribution < 1.29 is 4.79 Å². The lowest BCUT2D eigenvalue weighted by Gasteiger charge is -2.13. The molecule has 35 heavy (non-hydrogen) atoms. The van der Waals surface area contributed by atoms with Crippen LogP contribution in [0, 0.1) is 6.92 Å². The fourth-order valence-electron chi connectivity index (χ4n) is 3.43. The molecule has 2 amide bonds. The molecule has 3 N–H and O–H groups in total. The summed E-state index contributed by atoms with van der Waals surface area (Å²) in [4.78, 5) is 22.8. The third kappa shape index (κ3) is 5.48. The second-order valence-electron chi connectivity index (χ2n) is 7.62. The van der Waals surface area contributed by atoms with Crippen LogP contribution in [0.25, 0.3) is 21.8 Å². The van der Waals surface area contributed by atoms with Gasteiger partial charge >= 0.3 is 6.03 Å². The molecule has 3 heterocycles. The molecule has 0 radical (unpaired) electrons. The maximum absolute atomic E-state index is 12.7. The van der Waals surface area contributed by atoms with E-state index >= 15 is 0 Å². The molecular formula is C26H21N7OS. The second kappa shape index (κ2) is 10.1. The average molecular weight is 480 g/mol. The van der Waals surface area contributed by atoms with Crippen LogP contribution in [0.15, 0.2) is 90.3 Å². The maximum Gasteiger partial charge on any atom is 0.324 e. The van der Waals surface area contributed by atoms with Crippen LogP contribution in [-0.4, -0.2) is 26.2 Å². The van der Waals surface area contributed by atoms with Crippen LogP contribution in [0.3, 0.4) is 0 Å². The topological polar surface area (TPSA) is 105 Å². The van der Waals surface area contributed by atoms with E-state index in [1.54, 1.807) is 23.5 Å². The van der Waals surface area contributed by atoms with Crippen molar-refractivity contribution in [2.24, 2.45) is 0 Å². The number of anilines is 4. The highest BCUT2D eigenvalue weighted by molar-refractivity contribution is 7.13. The van der Waals surface area contributed by atoms with Crippen molar-refractivity contribution in [3.8, 4) is 21.8 Å². The Bertz CT molecular complexity index is 1440. The molecule has 8 nitrogen and oxygen atoms in total. The zero-order valence-electron chi connectivity index (χ0n) is 18.8. The molecule has 172 valence electrons. The predicted molar refractivity (Wildman–Crippen MR) is 140 cm³/mol. The van der Waals surface area contributed by atoms with Gasteiger partial charge in [0.05, 0.1) is 27.6 Å². The zero-order chi connectivity index (χ0) is 24.0. The lowest BCUT2D eigenvalue weighted by atomic mass is 10.1. The molecule has 0 bridgehead atoms. The van der Waals surface area contributed by atoms with Crippen molar-refractivity contribution in [1.82, 2.24) is 20.2 Å². The van der Waals surface area contributed by atoms with Crippen LogP contribution >= 0.6 is 11.3 Å². The summed E-state index contributed by atoms with van der Waals surface area (Å²) < 4.78 is 0. The minimum Gasteiger partial charge on any atom is -0.322 e. The van der Waals surface area contributed by atoms with Gasteiger partial charge in [-0.1, -0.05) is 48.5 Å². The smallest absolute Gasteiger partial charge is 0.322 e. The Hall–Kier alpha value is -4.63. The number of hydrogen-bond acceptors (Lipinski definition) is 7. The van der Waals surface area contributed by atoms with E-state index in [9.17, 15) is 4.79 Å². The first-order valence-electron chi connectivity index (χ1n) is 10.9. The lowest BCUT2D eigenvalue weighted by molar-refractivity contribution is 0.262. The molecule has 0 aliphatic rings. The molecule has 5 aromatic rings. The Labute approximate surface area is 206 Å². The SMILES string of the molecule is Cc1cc(-c2cccs2)nc(Nc2ccccc2NC(=O)Nc2ccc(-c3ccccc3)nn2)n1. The molecule has 2 aromatic carbocycles. The van der Waals surface area contributed by atoms with Crippen LogP contribution in [0.4, 0.5) is 27.9 Å².